The van der Waals surface area contributed by atoms with Crippen LogP contribution >= 0.6 is 45.3 Å². The summed E-state index contributed by atoms with van der Waals surface area (Å²) in [5, 5.41) is 0. The molecular formula is C42H54S4. The summed E-state index contributed by atoms with van der Waals surface area (Å²) in [4.78, 5) is 11.4. The molecule has 5 aromatic rings. The highest BCUT2D eigenvalue weighted by molar-refractivity contribution is 7.24. The first-order chi connectivity index (χ1) is 22.7. The molecule has 0 nitrogen and oxygen atoms in total. The number of aryl methyl sites for hydroxylation is 2. The Morgan fingerprint density at radius 3 is 1.00 bits per heavy atom. The van der Waals surface area contributed by atoms with Gasteiger partial charge in [0.05, 0.1) is 0 Å². The van der Waals surface area contributed by atoms with Crippen molar-refractivity contribution in [1.82, 2.24) is 0 Å². The second-order valence-corrected chi connectivity index (χ2v) is 17.4. The van der Waals surface area contributed by atoms with Crippen molar-refractivity contribution in [1.29, 1.82) is 0 Å². The lowest BCUT2D eigenvalue weighted by molar-refractivity contribution is 0.576. The summed E-state index contributed by atoms with van der Waals surface area (Å²) in [5.74, 6) is 0. The van der Waals surface area contributed by atoms with E-state index in [0.29, 0.717) is 0 Å². The maximum atomic E-state index is 2.36. The van der Waals surface area contributed by atoms with Gasteiger partial charge in [0.15, 0.2) is 0 Å². The maximum absolute atomic E-state index is 2.36. The number of hydrogen-bond donors (Lipinski definition) is 0. The van der Waals surface area contributed by atoms with Gasteiger partial charge in [-0.2, -0.15) is 0 Å². The van der Waals surface area contributed by atoms with Crippen LogP contribution < -0.4 is 0 Å². The maximum Gasteiger partial charge on any atom is 0.0449 e. The molecule has 0 radical (unpaired) electrons. The van der Waals surface area contributed by atoms with Gasteiger partial charge in [-0.3, -0.25) is 0 Å². The molecule has 5 rings (SSSR count). The fraction of sp³-hybridized carbons (Fsp3) is 0.476. The van der Waals surface area contributed by atoms with Crippen LogP contribution in [0.2, 0.25) is 0 Å². The second-order valence-electron chi connectivity index (χ2n) is 12.9. The predicted octanol–water partition coefficient (Wildman–Crippen LogP) is 16.0. The fourth-order valence-corrected chi connectivity index (χ4v) is 10.5. The lowest BCUT2D eigenvalue weighted by Gasteiger charge is -2.01. The molecule has 0 aliphatic heterocycles. The molecule has 0 unspecified atom stereocenters. The van der Waals surface area contributed by atoms with Gasteiger partial charge in [0.1, 0.15) is 0 Å². The number of benzene rings is 1. The zero-order valence-corrected chi connectivity index (χ0v) is 31.6. The quantitative estimate of drug-likeness (QED) is 0.0636. The fourth-order valence-electron chi connectivity index (χ4n) is 6.21. The third-order valence-corrected chi connectivity index (χ3v) is 14.0. The van der Waals surface area contributed by atoms with E-state index in [-0.39, 0.29) is 0 Å². The van der Waals surface area contributed by atoms with Crippen LogP contribution in [0.25, 0.3) is 40.4 Å². The number of unbranched alkanes of at least 4 members (excludes halogenated alkanes) is 14. The molecule has 0 saturated heterocycles. The van der Waals surface area contributed by atoms with E-state index in [2.05, 4.69) is 86.6 Å². The second kappa shape index (κ2) is 19.7. The normalized spacial score (nSPS) is 11.5. The van der Waals surface area contributed by atoms with Crippen LogP contribution in [-0.2, 0) is 12.8 Å². The van der Waals surface area contributed by atoms with E-state index in [9.17, 15) is 0 Å². The summed E-state index contributed by atoms with van der Waals surface area (Å²) in [6.45, 7) is 4.59. The topological polar surface area (TPSA) is 0 Å². The van der Waals surface area contributed by atoms with Gasteiger partial charge in [-0.15, -0.1) is 45.3 Å². The Kier molecular flexibility index (Phi) is 15.2. The molecule has 46 heavy (non-hydrogen) atoms. The van der Waals surface area contributed by atoms with Gasteiger partial charge in [-0.25, -0.2) is 0 Å². The van der Waals surface area contributed by atoms with E-state index in [1.165, 1.54) is 166 Å². The Hall–Kier alpha value is -1.98. The average molecular weight is 687 g/mol. The van der Waals surface area contributed by atoms with E-state index in [1.807, 2.05) is 45.3 Å². The number of hydrogen-bond acceptors (Lipinski definition) is 4. The van der Waals surface area contributed by atoms with Crippen LogP contribution in [0.15, 0.2) is 72.8 Å². The van der Waals surface area contributed by atoms with Gasteiger partial charge in [-0.05, 0) is 85.3 Å². The summed E-state index contributed by atoms with van der Waals surface area (Å²) >= 11 is 7.83. The van der Waals surface area contributed by atoms with Crippen LogP contribution in [0.3, 0.4) is 0 Å². The van der Waals surface area contributed by atoms with E-state index >= 15 is 0 Å². The number of rotatable bonds is 22. The molecule has 0 amide bonds. The number of thiophene rings is 4. The molecule has 246 valence electrons. The first-order valence-electron chi connectivity index (χ1n) is 18.2. The molecule has 0 atom stereocenters. The molecule has 4 aromatic heterocycles. The molecule has 1 aromatic carbocycles. The Bertz CT molecular complexity index is 1410. The van der Waals surface area contributed by atoms with Gasteiger partial charge in [0.25, 0.3) is 0 Å². The van der Waals surface area contributed by atoms with Crippen molar-refractivity contribution >= 4 is 45.3 Å². The summed E-state index contributed by atoms with van der Waals surface area (Å²) < 4.78 is 0. The zero-order chi connectivity index (χ0) is 31.8. The lowest BCUT2D eigenvalue weighted by Crippen LogP contribution is -1.83. The Morgan fingerprint density at radius 1 is 0.304 bits per heavy atom. The van der Waals surface area contributed by atoms with Crippen LogP contribution in [0, 0.1) is 0 Å². The van der Waals surface area contributed by atoms with Gasteiger partial charge in [0.2, 0.25) is 0 Å². The van der Waals surface area contributed by atoms with Crippen molar-refractivity contribution in [3.8, 4) is 40.4 Å². The third kappa shape index (κ3) is 11.0. The largest absolute Gasteiger partial charge is 0.139 e. The lowest BCUT2D eigenvalue weighted by atomic mass is 10.1. The van der Waals surface area contributed by atoms with Gasteiger partial charge < -0.3 is 0 Å². The van der Waals surface area contributed by atoms with Crippen LogP contribution in [-0.4, -0.2) is 0 Å². The highest BCUT2D eigenvalue weighted by Gasteiger charge is 2.11. The monoisotopic (exact) mass is 686 g/mol. The van der Waals surface area contributed by atoms with Gasteiger partial charge in [0, 0.05) is 39.0 Å². The minimum Gasteiger partial charge on any atom is -0.139 e. The first-order valence-corrected chi connectivity index (χ1v) is 21.5. The molecule has 4 heteroatoms. The smallest absolute Gasteiger partial charge is 0.0449 e. The van der Waals surface area contributed by atoms with Crippen LogP contribution in [0.5, 0.6) is 0 Å². The Labute approximate surface area is 296 Å². The first kappa shape index (κ1) is 35.3. The summed E-state index contributed by atoms with van der Waals surface area (Å²) in [6, 6.07) is 27.9. The van der Waals surface area contributed by atoms with Crippen LogP contribution in [0.4, 0.5) is 0 Å². The third-order valence-electron chi connectivity index (χ3n) is 9.03. The van der Waals surface area contributed by atoms with Gasteiger partial charge in [-0.1, -0.05) is 128 Å². The van der Waals surface area contributed by atoms with Crippen molar-refractivity contribution in [3.05, 3.63) is 82.6 Å². The molecule has 0 saturated carbocycles. The van der Waals surface area contributed by atoms with Crippen molar-refractivity contribution in [2.24, 2.45) is 0 Å². The van der Waals surface area contributed by atoms with Crippen molar-refractivity contribution < 1.29 is 0 Å². The molecule has 0 aliphatic carbocycles. The minimum atomic E-state index is 1.23. The Morgan fingerprint density at radius 2 is 0.609 bits per heavy atom. The summed E-state index contributed by atoms with van der Waals surface area (Å²) in [6.07, 6.45) is 24.7. The molecule has 4 heterocycles. The standard InChI is InChI=1S/C42H54S4/c1-3-5-7-9-11-13-15-17-19-35-25-27-39(43-35)41-31-29-37(45-41)33-21-23-34(24-22-33)38-30-32-42(46-38)40-28-26-36(44-40)20-18-16-14-12-10-8-6-4-2/h21-32H,3-20H2,1-2H3. The SMILES string of the molecule is CCCCCCCCCCc1ccc(-c2ccc(-c3ccc(-c4ccc(-c5ccc(CCCCCCCCCC)s5)s4)cc3)s2)s1. The highest BCUT2D eigenvalue weighted by atomic mass is 32.1. The van der Waals surface area contributed by atoms with E-state index in [0.717, 1.165) is 0 Å². The summed E-state index contributed by atoms with van der Waals surface area (Å²) in [7, 11) is 0. The zero-order valence-electron chi connectivity index (χ0n) is 28.3. The van der Waals surface area contributed by atoms with E-state index < -0.39 is 0 Å². The summed E-state index contributed by atoms with van der Waals surface area (Å²) in [5.41, 5.74) is 2.63. The molecule has 0 N–H and O–H groups in total. The van der Waals surface area contributed by atoms with Crippen LogP contribution in [0.1, 0.15) is 126 Å². The van der Waals surface area contributed by atoms with E-state index in [4.69, 9.17) is 0 Å². The van der Waals surface area contributed by atoms with Crippen molar-refractivity contribution in [2.75, 3.05) is 0 Å². The van der Waals surface area contributed by atoms with Crippen molar-refractivity contribution in [2.45, 2.75) is 129 Å². The predicted molar refractivity (Wildman–Crippen MR) is 212 cm³/mol. The molecule has 0 fully saturated rings. The Balaban J connectivity index is 1.07. The van der Waals surface area contributed by atoms with Gasteiger partial charge >= 0.3 is 0 Å². The van der Waals surface area contributed by atoms with E-state index in [1.54, 1.807) is 0 Å². The minimum absolute atomic E-state index is 1.23. The molecule has 0 aliphatic rings. The molecular weight excluding hydrogens is 633 g/mol. The highest BCUT2D eigenvalue weighted by Crippen LogP contribution is 2.41. The van der Waals surface area contributed by atoms with Crippen molar-refractivity contribution in [3.63, 3.8) is 0 Å². The molecule has 0 bridgehead atoms. The average Bonchev–Trinajstić information content (AvgIpc) is 3.91. The molecule has 0 spiro atoms.